The molecule has 0 aromatic carbocycles. The van der Waals surface area contributed by atoms with Crippen molar-refractivity contribution in [2.24, 2.45) is 0 Å². The lowest BCUT2D eigenvalue weighted by molar-refractivity contribution is -0.144. The molecule has 0 spiro atoms. The lowest BCUT2D eigenvalue weighted by Gasteiger charge is -2.03. The van der Waals surface area contributed by atoms with Crippen LogP contribution in [-0.2, 0) is 22.6 Å². The first-order chi connectivity index (χ1) is 12.2. The van der Waals surface area contributed by atoms with Crippen LogP contribution in [0.25, 0.3) is 14.8 Å². The van der Waals surface area contributed by atoms with Crippen LogP contribution in [-0.4, -0.2) is 20.3 Å². The Morgan fingerprint density at radius 3 is 2.92 bits per heavy atom. The number of thiophene rings is 1. The summed E-state index contributed by atoms with van der Waals surface area (Å²) in [6.45, 7) is -0.0234. The van der Waals surface area contributed by atoms with Crippen LogP contribution in [0.2, 0.25) is 0 Å². The number of aromatic nitrogens is 3. The first-order valence-corrected chi connectivity index (χ1v) is 9.92. The number of thiazole rings is 2. The lowest BCUT2D eigenvalue weighted by Crippen LogP contribution is -2.15. The van der Waals surface area contributed by atoms with Crippen LogP contribution in [0.3, 0.4) is 0 Å². The Hall–Kier alpha value is -2.36. The average Bonchev–Trinajstić information content (AvgIpc) is 3.33. The van der Waals surface area contributed by atoms with Crippen molar-refractivity contribution in [2.45, 2.75) is 13.0 Å². The van der Waals surface area contributed by atoms with Gasteiger partial charge in [-0.05, 0) is 11.4 Å². The van der Waals surface area contributed by atoms with E-state index in [1.807, 2.05) is 22.9 Å². The minimum atomic E-state index is -0.392. The van der Waals surface area contributed by atoms with Gasteiger partial charge in [-0.2, -0.15) is 0 Å². The summed E-state index contributed by atoms with van der Waals surface area (Å²) in [6.07, 6.45) is 1.76. The maximum absolute atomic E-state index is 12.0. The number of ether oxygens (including phenoxy) is 1. The number of rotatable bonds is 5. The van der Waals surface area contributed by atoms with E-state index in [0.29, 0.717) is 16.3 Å². The molecule has 0 unspecified atom stereocenters. The summed E-state index contributed by atoms with van der Waals surface area (Å²) < 4.78 is 6.69. The minimum absolute atomic E-state index is 0.0234. The standard InChI is InChI=1S/C16H11N3O3S3/c20-13-6-10(18-16-19(13)3-5-24-16)8-22-14(21)7-11-9-25-15(17-11)12-2-1-4-23-12/h1-6,9H,7-8H2. The maximum atomic E-state index is 12.0. The van der Waals surface area contributed by atoms with E-state index in [-0.39, 0.29) is 18.6 Å². The lowest BCUT2D eigenvalue weighted by atomic mass is 10.3. The molecule has 0 aliphatic rings. The summed E-state index contributed by atoms with van der Waals surface area (Å²) in [4.78, 5) is 34.3. The molecule has 0 bridgehead atoms. The third kappa shape index (κ3) is 3.53. The largest absolute Gasteiger partial charge is 0.459 e. The molecule has 0 aliphatic carbocycles. The van der Waals surface area contributed by atoms with E-state index in [0.717, 1.165) is 9.88 Å². The van der Waals surface area contributed by atoms with Crippen molar-refractivity contribution >= 4 is 44.9 Å². The molecule has 4 heterocycles. The highest BCUT2D eigenvalue weighted by Crippen LogP contribution is 2.27. The molecule has 4 rings (SSSR count). The molecule has 0 atom stereocenters. The van der Waals surface area contributed by atoms with Crippen LogP contribution in [0.4, 0.5) is 0 Å². The van der Waals surface area contributed by atoms with E-state index in [2.05, 4.69) is 9.97 Å². The van der Waals surface area contributed by atoms with Gasteiger partial charge in [-0.15, -0.1) is 34.0 Å². The third-order valence-corrected chi connectivity index (χ3v) is 6.03. The molecule has 6 nitrogen and oxygen atoms in total. The van der Waals surface area contributed by atoms with Gasteiger partial charge in [0.1, 0.15) is 11.6 Å². The Kier molecular flexibility index (Phi) is 4.43. The smallest absolute Gasteiger partial charge is 0.312 e. The maximum Gasteiger partial charge on any atom is 0.312 e. The van der Waals surface area contributed by atoms with E-state index in [9.17, 15) is 9.59 Å². The predicted octanol–water partition coefficient (Wildman–Crippen LogP) is 3.23. The fourth-order valence-corrected chi connectivity index (χ4v) is 4.59. The molecule has 0 radical (unpaired) electrons. The van der Waals surface area contributed by atoms with E-state index >= 15 is 0 Å². The second-order valence-corrected chi connectivity index (χ2v) is 7.78. The zero-order valence-corrected chi connectivity index (χ0v) is 15.2. The Morgan fingerprint density at radius 1 is 1.16 bits per heavy atom. The van der Waals surface area contributed by atoms with Crippen LogP contribution in [0, 0.1) is 0 Å². The molecule has 0 aliphatic heterocycles. The molecule has 0 N–H and O–H groups in total. The number of esters is 1. The molecular weight excluding hydrogens is 378 g/mol. The topological polar surface area (TPSA) is 73.6 Å². The number of nitrogens with zero attached hydrogens (tertiary/aromatic N) is 3. The summed E-state index contributed by atoms with van der Waals surface area (Å²) in [5, 5.41) is 6.53. The van der Waals surface area contributed by atoms with E-state index in [1.54, 1.807) is 22.9 Å². The zero-order chi connectivity index (χ0) is 17.2. The highest BCUT2D eigenvalue weighted by atomic mass is 32.1. The van der Waals surface area contributed by atoms with Crippen molar-refractivity contribution in [1.82, 2.24) is 14.4 Å². The van der Waals surface area contributed by atoms with Crippen molar-refractivity contribution in [3.05, 3.63) is 62.3 Å². The van der Waals surface area contributed by atoms with Gasteiger partial charge in [0.2, 0.25) is 0 Å². The molecule has 9 heteroatoms. The summed E-state index contributed by atoms with van der Waals surface area (Å²) in [6, 6.07) is 5.34. The average molecular weight is 389 g/mol. The molecular formula is C16H11N3O3S3. The zero-order valence-electron chi connectivity index (χ0n) is 12.7. The highest BCUT2D eigenvalue weighted by Gasteiger charge is 2.12. The molecule has 126 valence electrons. The van der Waals surface area contributed by atoms with Gasteiger partial charge in [-0.25, -0.2) is 9.97 Å². The van der Waals surface area contributed by atoms with E-state index in [4.69, 9.17) is 4.74 Å². The van der Waals surface area contributed by atoms with E-state index in [1.165, 1.54) is 33.1 Å². The third-order valence-electron chi connectivity index (χ3n) is 3.35. The van der Waals surface area contributed by atoms with Crippen molar-refractivity contribution in [3.63, 3.8) is 0 Å². The fourth-order valence-electron chi connectivity index (χ4n) is 2.22. The van der Waals surface area contributed by atoms with E-state index < -0.39 is 5.97 Å². The second-order valence-electron chi connectivity index (χ2n) is 5.10. The number of carbonyl (C=O) groups excluding carboxylic acids is 1. The van der Waals surface area contributed by atoms with Crippen LogP contribution >= 0.6 is 34.0 Å². The van der Waals surface area contributed by atoms with Crippen molar-refractivity contribution in [3.8, 4) is 9.88 Å². The van der Waals surface area contributed by atoms with Crippen LogP contribution in [0.1, 0.15) is 11.4 Å². The normalized spacial score (nSPS) is 11.0. The molecule has 0 fully saturated rings. The highest BCUT2D eigenvalue weighted by molar-refractivity contribution is 7.20. The molecule has 0 saturated carbocycles. The molecule has 4 aromatic heterocycles. The Balaban J connectivity index is 1.39. The number of hydrogen-bond acceptors (Lipinski definition) is 8. The predicted molar refractivity (Wildman–Crippen MR) is 98.3 cm³/mol. The summed E-state index contributed by atoms with van der Waals surface area (Å²) in [7, 11) is 0. The Labute approximate surface area is 154 Å². The second kappa shape index (κ2) is 6.87. The van der Waals surface area contributed by atoms with Gasteiger partial charge in [0.05, 0.1) is 22.7 Å². The summed E-state index contributed by atoms with van der Waals surface area (Å²) in [5.41, 5.74) is 0.941. The van der Waals surface area contributed by atoms with Gasteiger partial charge in [-0.3, -0.25) is 14.0 Å². The minimum Gasteiger partial charge on any atom is -0.459 e. The van der Waals surface area contributed by atoms with Gasteiger partial charge in [-0.1, -0.05) is 6.07 Å². The fraction of sp³-hybridized carbons (Fsp3) is 0.125. The molecule has 0 amide bonds. The summed E-state index contributed by atoms with van der Waals surface area (Å²) >= 11 is 4.47. The van der Waals surface area contributed by atoms with Crippen molar-refractivity contribution in [2.75, 3.05) is 0 Å². The molecule has 25 heavy (non-hydrogen) atoms. The number of hydrogen-bond donors (Lipinski definition) is 0. The number of carbonyl (C=O) groups is 1. The summed E-state index contributed by atoms with van der Waals surface area (Å²) in [5.74, 6) is -0.392. The quantitative estimate of drug-likeness (QED) is 0.490. The molecule has 0 saturated heterocycles. The van der Waals surface area contributed by atoms with Crippen LogP contribution in [0.5, 0.6) is 0 Å². The molecule has 4 aromatic rings. The Morgan fingerprint density at radius 2 is 2.08 bits per heavy atom. The Bertz CT molecular complexity index is 1080. The monoisotopic (exact) mass is 389 g/mol. The van der Waals surface area contributed by atoms with Gasteiger partial charge in [0.25, 0.3) is 5.56 Å². The first-order valence-electron chi connectivity index (χ1n) is 7.29. The van der Waals surface area contributed by atoms with Crippen LogP contribution in [0.15, 0.2) is 45.3 Å². The van der Waals surface area contributed by atoms with Crippen LogP contribution < -0.4 is 5.56 Å². The van der Waals surface area contributed by atoms with Gasteiger partial charge >= 0.3 is 5.97 Å². The van der Waals surface area contributed by atoms with Gasteiger partial charge < -0.3 is 4.74 Å². The van der Waals surface area contributed by atoms with Crippen molar-refractivity contribution < 1.29 is 9.53 Å². The van der Waals surface area contributed by atoms with Gasteiger partial charge in [0.15, 0.2) is 4.96 Å². The van der Waals surface area contributed by atoms with Gasteiger partial charge in [0, 0.05) is 23.0 Å². The van der Waals surface area contributed by atoms with Crippen molar-refractivity contribution in [1.29, 1.82) is 0 Å². The number of fused-ring (bicyclic) bond motifs is 1. The first kappa shape index (κ1) is 16.1. The SMILES string of the molecule is O=C(Cc1csc(-c2cccs2)n1)OCc1cc(=O)n2ccsc2n1.